The van der Waals surface area contributed by atoms with E-state index >= 15 is 0 Å². The number of aromatic nitrogens is 3. The van der Waals surface area contributed by atoms with E-state index in [0.29, 0.717) is 29.1 Å². The van der Waals surface area contributed by atoms with Crippen LogP contribution >= 0.6 is 0 Å². The van der Waals surface area contributed by atoms with Crippen molar-refractivity contribution in [3.05, 3.63) is 53.3 Å². The van der Waals surface area contributed by atoms with Crippen LogP contribution in [0.3, 0.4) is 0 Å². The van der Waals surface area contributed by atoms with Gasteiger partial charge < -0.3 is 10.2 Å². The first kappa shape index (κ1) is 17.6. The number of nitrogens with one attached hydrogen (secondary N) is 1. The monoisotopic (exact) mass is 348 g/mol. The summed E-state index contributed by atoms with van der Waals surface area (Å²) in [5.41, 5.74) is 3.48. The number of fused-ring (bicyclic) bond motifs is 1. The predicted octanol–water partition coefficient (Wildman–Crippen LogP) is 2.33. The number of likely N-dealkylation sites (N-methyl/N-ethyl adjacent to an activating group) is 1. The summed E-state index contributed by atoms with van der Waals surface area (Å²) in [6, 6.07) is 9.88. The molecule has 0 fully saturated rings. The number of anilines is 2. The highest BCUT2D eigenvalue weighted by molar-refractivity contribution is 5.84. The number of nitrogens with zero attached hydrogens (tertiary/aromatic N) is 5. The van der Waals surface area contributed by atoms with Gasteiger partial charge >= 0.3 is 0 Å². The van der Waals surface area contributed by atoms with E-state index in [9.17, 15) is 10.1 Å². The molecule has 7 nitrogen and oxygen atoms in total. The van der Waals surface area contributed by atoms with Crippen molar-refractivity contribution >= 4 is 23.4 Å². The standard InChI is InChI=1S/C19H20N6O/c1-3-24(17-8-10-25-19(23-17)16(13-26)12-22-25)18-14(7-9-21-2)5-4-6-15(18)11-20/h4-6,8,10,12-13,21H,3,7,9H2,1-2H3. The second-order valence-electron chi connectivity index (χ2n) is 5.79. The van der Waals surface area contributed by atoms with Crippen molar-refractivity contribution in [3.63, 3.8) is 0 Å². The molecule has 132 valence electrons. The lowest BCUT2D eigenvalue weighted by atomic mass is 10.0. The number of hydrogen-bond donors (Lipinski definition) is 1. The van der Waals surface area contributed by atoms with Gasteiger partial charge in [0.05, 0.1) is 23.0 Å². The Balaban J connectivity index is 2.14. The van der Waals surface area contributed by atoms with E-state index in [1.807, 2.05) is 43.1 Å². The molecule has 7 heteroatoms. The summed E-state index contributed by atoms with van der Waals surface area (Å²) >= 11 is 0. The Morgan fingerprint density at radius 1 is 1.38 bits per heavy atom. The van der Waals surface area contributed by atoms with Gasteiger partial charge in [-0.15, -0.1) is 0 Å². The Labute approximate surface area is 151 Å². The molecule has 0 atom stereocenters. The van der Waals surface area contributed by atoms with Crippen molar-refractivity contribution in [2.24, 2.45) is 0 Å². The number of hydrogen-bond acceptors (Lipinski definition) is 6. The van der Waals surface area contributed by atoms with Crippen LogP contribution in [0.2, 0.25) is 0 Å². The highest BCUT2D eigenvalue weighted by atomic mass is 16.1. The quantitative estimate of drug-likeness (QED) is 0.660. The summed E-state index contributed by atoms with van der Waals surface area (Å²) < 4.78 is 1.57. The smallest absolute Gasteiger partial charge is 0.167 e. The first-order valence-corrected chi connectivity index (χ1v) is 8.47. The Morgan fingerprint density at radius 3 is 2.92 bits per heavy atom. The van der Waals surface area contributed by atoms with Gasteiger partial charge in [0.15, 0.2) is 11.9 Å². The van der Waals surface area contributed by atoms with Gasteiger partial charge in [0.25, 0.3) is 0 Å². The molecule has 0 amide bonds. The second kappa shape index (κ2) is 7.76. The zero-order valence-corrected chi connectivity index (χ0v) is 14.8. The fourth-order valence-electron chi connectivity index (χ4n) is 3.01. The molecule has 0 radical (unpaired) electrons. The molecule has 0 spiro atoms. The largest absolute Gasteiger partial charge is 0.325 e. The normalized spacial score (nSPS) is 10.7. The van der Waals surface area contributed by atoms with Gasteiger partial charge in [-0.3, -0.25) is 4.79 Å². The Bertz CT molecular complexity index is 972. The molecule has 0 unspecified atom stereocenters. The molecule has 2 heterocycles. The number of nitriles is 1. The third-order valence-electron chi connectivity index (χ3n) is 4.26. The number of rotatable bonds is 7. The zero-order chi connectivity index (χ0) is 18.5. The summed E-state index contributed by atoms with van der Waals surface area (Å²) in [4.78, 5) is 17.8. The fraction of sp³-hybridized carbons (Fsp3) is 0.263. The lowest BCUT2D eigenvalue weighted by Gasteiger charge is -2.26. The summed E-state index contributed by atoms with van der Waals surface area (Å²) in [5, 5.41) is 16.9. The molecule has 0 aliphatic heterocycles. The number of carbonyl (C=O) groups excluding carboxylic acids is 1. The third kappa shape index (κ3) is 3.15. The van der Waals surface area contributed by atoms with Gasteiger partial charge in [-0.05, 0) is 44.6 Å². The minimum Gasteiger partial charge on any atom is -0.325 e. The molecule has 26 heavy (non-hydrogen) atoms. The Morgan fingerprint density at radius 2 is 2.23 bits per heavy atom. The van der Waals surface area contributed by atoms with E-state index in [2.05, 4.69) is 21.5 Å². The molecule has 1 aromatic carbocycles. The molecule has 0 aliphatic carbocycles. The average Bonchev–Trinajstić information content (AvgIpc) is 3.10. The lowest BCUT2D eigenvalue weighted by Crippen LogP contribution is -2.22. The molecule has 2 aromatic heterocycles. The van der Waals surface area contributed by atoms with E-state index in [-0.39, 0.29) is 0 Å². The van der Waals surface area contributed by atoms with Gasteiger partial charge in [0, 0.05) is 12.7 Å². The van der Waals surface area contributed by atoms with E-state index in [0.717, 1.165) is 30.5 Å². The minimum atomic E-state index is 0.437. The van der Waals surface area contributed by atoms with Crippen LogP contribution in [0.5, 0.6) is 0 Å². The SMILES string of the molecule is CCN(c1ccn2ncc(C=O)c2n1)c1c(C#N)cccc1CCNC. The van der Waals surface area contributed by atoms with Crippen LogP contribution in [0.4, 0.5) is 11.5 Å². The summed E-state index contributed by atoms with van der Waals surface area (Å²) in [7, 11) is 1.90. The van der Waals surface area contributed by atoms with Crippen LogP contribution in [0.25, 0.3) is 5.65 Å². The summed E-state index contributed by atoms with van der Waals surface area (Å²) in [6.07, 6.45) is 4.82. The molecule has 0 aliphatic rings. The number of carbonyl (C=O) groups is 1. The Kier molecular flexibility index (Phi) is 5.25. The van der Waals surface area contributed by atoms with Gasteiger partial charge in [-0.1, -0.05) is 12.1 Å². The molecule has 0 saturated carbocycles. The highest BCUT2D eigenvalue weighted by Crippen LogP contribution is 2.31. The van der Waals surface area contributed by atoms with Gasteiger partial charge in [0.1, 0.15) is 11.9 Å². The molecule has 1 N–H and O–H groups in total. The van der Waals surface area contributed by atoms with E-state index in [4.69, 9.17) is 0 Å². The maximum absolute atomic E-state index is 11.2. The van der Waals surface area contributed by atoms with Crippen LogP contribution in [0, 0.1) is 11.3 Å². The molecule has 0 bridgehead atoms. The van der Waals surface area contributed by atoms with Crippen molar-refractivity contribution in [2.75, 3.05) is 25.0 Å². The molecule has 3 rings (SSSR count). The van der Waals surface area contributed by atoms with Crippen molar-refractivity contribution in [1.29, 1.82) is 5.26 Å². The second-order valence-corrected chi connectivity index (χ2v) is 5.79. The van der Waals surface area contributed by atoms with Crippen LogP contribution in [-0.4, -0.2) is 41.0 Å². The molecular formula is C19H20N6O. The van der Waals surface area contributed by atoms with Crippen molar-refractivity contribution in [3.8, 4) is 6.07 Å². The van der Waals surface area contributed by atoms with Crippen LogP contribution < -0.4 is 10.2 Å². The van der Waals surface area contributed by atoms with Crippen LogP contribution in [-0.2, 0) is 6.42 Å². The first-order chi connectivity index (χ1) is 12.7. The number of para-hydroxylation sites is 1. The number of aldehydes is 1. The van der Waals surface area contributed by atoms with Gasteiger partial charge in [-0.25, -0.2) is 9.50 Å². The average molecular weight is 348 g/mol. The van der Waals surface area contributed by atoms with Gasteiger partial charge in [0.2, 0.25) is 0 Å². The highest BCUT2D eigenvalue weighted by Gasteiger charge is 2.18. The summed E-state index contributed by atoms with van der Waals surface area (Å²) in [5.74, 6) is 0.678. The van der Waals surface area contributed by atoms with Crippen LogP contribution in [0.15, 0.2) is 36.7 Å². The van der Waals surface area contributed by atoms with Crippen LogP contribution in [0.1, 0.15) is 28.4 Å². The predicted molar refractivity (Wildman–Crippen MR) is 99.8 cm³/mol. The third-order valence-corrected chi connectivity index (χ3v) is 4.26. The first-order valence-electron chi connectivity index (χ1n) is 8.47. The van der Waals surface area contributed by atoms with E-state index in [1.165, 1.54) is 6.20 Å². The van der Waals surface area contributed by atoms with Crippen molar-refractivity contribution < 1.29 is 4.79 Å². The maximum atomic E-state index is 11.2. The Hall–Kier alpha value is -3.24. The van der Waals surface area contributed by atoms with E-state index < -0.39 is 0 Å². The number of benzene rings is 1. The molecule has 3 aromatic rings. The van der Waals surface area contributed by atoms with Crippen molar-refractivity contribution in [2.45, 2.75) is 13.3 Å². The van der Waals surface area contributed by atoms with Gasteiger partial charge in [-0.2, -0.15) is 10.4 Å². The topological polar surface area (TPSA) is 86.3 Å². The molecule has 0 saturated heterocycles. The zero-order valence-electron chi connectivity index (χ0n) is 14.8. The molecular weight excluding hydrogens is 328 g/mol. The maximum Gasteiger partial charge on any atom is 0.167 e. The van der Waals surface area contributed by atoms with Crippen molar-refractivity contribution in [1.82, 2.24) is 19.9 Å². The summed E-state index contributed by atoms with van der Waals surface area (Å²) in [6.45, 7) is 3.46. The fourth-order valence-corrected chi connectivity index (χ4v) is 3.01. The minimum absolute atomic E-state index is 0.437. The van der Waals surface area contributed by atoms with E-state index in [1.54, 1.807) is 10.7 Å². The lowest BCUT2D eigenvalue weighted by molar-refractivity contribution is 0.112.